The molecular formula is C17H32N2. The monoisotopic (exact) mass is 264 g/mol. The second-order valence-electron chi connectivity index (χ2n) is 7.33. The molecule has 19 heavy (non-hydrogen) atoms. The molecule has 1 heterocycles. The number of nitrogens with one attached hydrogen (secondary N) is 1. The van der Waals surface area contributed by atoms with E-state index in [0.29, 0.717) is 0 Å². The van der Waals surface area contributed by atoms with Gasteiger partial charge in [-0.05, 0) is 56.9 Å². The summed E-state index contributed by atoms with van der Waals surface area (Å²) in [4.78, 5) is 2.80. The standard InChI is InChI=1S/C17H32N2/c1-2-5-15-10-16(13-19(12-15)17-8-9-17)18-11-14-6-3-4-7-14/h14-18H,2-13H2,1H3. The molecule has 2 unspecified atom stereocenters. The van der Waals surface area contributed by atoms with E-state index in [4.69, 9.17) is 0 Å². The van der Waals surface area contributed by atoms with Crippen molar-refractivity contribution in [2.24, 2.45) is 11.8 Å². The Hall–Kier alpha value is -0.0800. The van der Waals surface area contributed by atoms with Gasteiger partial charge in [0.2, 0.25) is 0 Å². The lowest BCUT2D eigenvalue weighted by Crippen LogP contribution is -2.50. The van der Waals surface area contributed by atoms with Gasteiger partial charge in [-0.15, -0.1) is 0 Å². The summed E-state index contributed by atoms with van der Waals surface area (Å²) in [5.74, 6) is 1.95. The van der Waals surface area contributed by atoms with Gasteiger partial charge in [0.25, 0.3) is 0 Å². The molecule has 1 N–H and O–H groups in total. The molecule has 0 bridgehead atoms. The van der Waals surface area contributed by atoms with E-state index in [1.54, 1.807) is 0 Å². The highest BCUT2D eigenvalue weighted by molar-refractivity contribution is 4.92. The van der Waals surface area contributed by atoms with Gasteiger partial charge in [-0.2, -0.15) is 0 Å². The summed E-state index contributed by atoms with van der Waals surface area (Å²) in [7, 11) is 0. The first-order valence-electron chi connectivity index (χ1n) is 8.82. The predicted octanol–water partition coefficient (Wildman–Crippen LogP) is 3.42. The SMILES string of the molecule is CCCC1CC(NCC2CCCC2)CN(C2CC2)C1. The Labute approximate surface area is 119 Å². The molecule has 3 aliphatic rings. The fourth-order valence-electron chi connectivity index (χ4n) is 4.29. The molecule has 1 saturated heterocycles. The van der Waals surface area contributed by atoms with Crippen LogP contribution in [-0.2, 0) is 0 Å². The number of likely N-dealkylation sites (tertiary alicyclic amines) is 1. The van der Waals surface area contributed by atoms with Gasteiger partial charge in [-0.3, -0.25) is 4.90 Å². The van der Waals surface area contributed by atoms with Crippen molar-refractivity contribution in [1.29, 1.82) is 0 Å². The minimum Gasteiger partial charge on any atom is -0.312 e. The lowest BCUT2D eigenvalue weighted by atomic mass is 9.90. The van der Waals surface area contributed by atoms with Crippen LogP contribution in [0.5, 0.6) is 0 Å². The van der Waals surface area contributed by atoms with E-state index in [1.165, 1.54) is 77.4 Å². The molecule has 2 nitrogen and oxygen atoms in total. The maximum Gasteiger partial charge on any atom is 0.0198 e. The maximum absolute atomic E-state index is 3.92. The zero-order chi connectivity index (χ0) is 13.1. The second kappa shape index (κ2) is 6.58. The van der Waals surface area contributed by atoms with Crippen molar-refractivity contribution in [3.63, 3.8) is 0 Å². The zero-order valence-corrected chi connectivity index (χ0v) is 12.7. The highest BCUT2D eigenvalue weighted by Crippen LogP contribution is 2.32. The van der Waals surface area contributed by atoms with Crippen molar-refractivity contribution in [1.82, 2.24) is 10.2 Å². The summed E-state index contributed by atoms with van der Waals surface area (Å²) in [5, 5.41) is 3.92. The summed E-state index contributed by atoms with van der Waals surface area (Å²) in [5.41, 5.74) is 0. The average Bonchev–Trinajstić information content (AvgIpc) is 3.14. The van der Waals surface area contributed by atoms with Crippen molar-refractivity contribution in [3.8, 4) is 0 Å². The molecule has 110 valence electrons. The van der Waals surface area contributed by atoms with Gasteiger partial charge in [0.05, 0.1) is 0 Å². The molecule has 2 saturated carbocycles. The van der Waals surface area contributed by atoms with E-state index < -0.39 is 0 Å². The average molecular weight is 264 g/mol. The number of piperidine rings is 1. The van der Waals surface area contributed by atoms with Crippen LogP contribution < -0.4 is 5.32 Å². The molecule has 2 atom stereocenters. The smallest absolute Gasteiger partial charge is 0.0198 e. The van der Waals surface area contributed by atoms with Gasteiger partial charge < -0.3 is 5.32 Å². The van der Waals surface area contributed by atoms with E-state index in [-0.39, 0.29) is 0 Å². The molecule has 1 aliphatic heterocycles. The van der Waals surface area contributed by atoms with Crippen molar-refractivity contribution in [2.45, 2.75) is 76.8 Å². The van der Waals surface area contributed by atoms with Gasteiger partial charge in [-0.1, -0.05) is 26.2 Å². The Morgan fingerprint density at radius 3 is 2.47 bits per heavy atom. The van der Waals surface area contributed by atoms with Gasteiger partial charge in [-0.25, -0.2) is 0 Å². The maximum atomic E-state index is 3.92. The highest BCUT2D eigenvalue weighted by Gasteiger charge is 2.35. The summed E-state index contributed by atoms with van der Waals surface area (Å²) >= 11 is 0. The Morgan fingerprint density at radius 1 is 1.00 bits per heavy atom. The third-order valence-electron chi connectivity index (χ3n) is 5.50. The molecule has 0 aromatic carbocycles. The minimum atomic E-state index is 0.784. The summed E-state index contributed by atoms with van der Waals surface area (Å²) in [6.45, 7) is 6.36. The molecule has 0 aromatic heterocycles. The van der Waals surface area contributed by atoms with E-state index in [1.807, 2.05) is 0 Å². The first-order valence-corrected chi connectivity index (χ1v) is 8.82. The highest BCUT2D eigenvalue weighted by atomic mass is 15.2. The number of rotatable bonds is 6. The van der Waals surface area contributed by atoms with Crippen LogP contribution in [0.4, 0.5) is 0 Å². The van der Waals surface area contributed by atoms with E-state index in [9.17, 15) is 0 Å². The van der Waals surface area contributed by atoms with Crippen LogP contribution in [0.3, 0.4) is 0 Å². The predicted molar refractivity (Wildman–Crippen MR) is 81.4 cm³/mol. The minimum absolute atomic E-state index is 0.784. The zero-order valence-electron chi connectivity index (χ0n) is 12.7. The Bertz CT molecular complexity index is 268. The van der Waals surface area contributed by atoms with Crippen LogP contribution in [0.2, 0.25) is 0 Å². The van der Waals surface area contributed by atoms with Gasteiger partial charge >= 0.3 is 0 Å². The third kappa shape index (κ3) is 3.95. The first kappa shape index (κ1) is 13.9. The quantitative estimate of drug-likeness (QED) is 0.791. The first-order chi connectivity index (χ1) is 9.35. The van der Waals surface area contributed by atoms with Crippen LogP contribution in [0.25, 0.3) is 0 Å². The summed E-state index contributed by atoms with van der Waals surface area (Å²) in [6, 6.07) is 1.74. The lowest BCUT2D eigenvalue weighted by molar-refractivity contribution is 0.126. The van der Waals surface area contributed by atoms with Gasteiger partial charge in [0.15, 0.2) is 0 Å². The van der Waals surface area contributed by atoms with E-state index in [2.05, 4.69) is 17.1 Å². The molecule has 2 aliphatic carbocycles. The van der Waals surface area contributed by atoms with Crippen LogP contribution in [0, 0.1) is 11.8 Å². The molecule has 2 heteroatoms. The molecule has 3 fully saturated rings. The summed E-state index contributed by atoms with van der Waals surface area (Å²) < 4.78 is 0. The van der Waals surface area contributed by atoms with Crippen LogP contribution in [-0.4, -0.2) is 36.6 Å². The van der Waals surface area contributed by atoms with Crippen molar-refractivity contribution < 1.29 is 0 Å². The van der Waals surface area contributed by atoms with Gasteiger partial charge in [0, 0.05) is 25.2 Å². The fourth-order valence-corrected chi connectivity index (χ4v) is 4.29. The van der Waals surface area contributed by atoms with Gasteiger partial charge in [0.1, 0.15) is 0 Å². The van der Waals surface area contributed by atoms with Crippen molar-refractivity contribution >= 4 is 0 Å². The molecule has 0 radical (unpaired) electrons. The molecular weight excluding hydrogens is 232 g/mol. The Morgan fingerprint density at radius 2 is 1.79 bits per heavy atom. The molecule has 0 spiro atoms. The Balaban J connectivity index is 1.47. The normalized spacial score (nSPS) is 33.9. The number of nitrogens with zero attached hydrogens (tertiary/aromatic N) is 1. The largest absolute Gasteiger partial charge is 0.312 e. The lowest BCUT2D eigenvalue weighted by Gasteiger charge is -2.39. The third-order valence-corrected chi connectivity index (χ3v) is 5.50. The number of hydrogen-bond donors (Lipinski definition) is 1. The second-order valence-corrected chi connectivity index (χ2v) is 7.33. The van der Waals surface area contributed by atoms with Crippen molar-refractivity contribution in [3.05, 3.63) is 0 Å². The molecule has 3 rings (SSSR count). The topological polar surface area (TPSA) is 15.3 Å². The van der Waals surface area contributed by atoms with E-state index >= 15 is 0 Å². The van der Waals surface area contributed by atoms with Crippen LogP contribution in [0.1, 0.15) is 64.7 Å². The summed E-state index contributed by atoms with van der Waals surface area (Å²) in [6.07, 6.45) is 13.1. The Kier molecular flexibility index (Phi) is 4.81. The van der Waals surface area contributed by atoms with Crippen molar-refractivity contribution in [2.75, 3.05) is 19.6 Å². The van der Waals surface area contributed by atoms with Crippen LogP contribution >= 0.6 is 0 Å². The molecule has 0 amide bonds. The fraction of sp³-hybridized carbons (Fsp3) is 1.00. The van der Waals surface area contributed by atoms with E-state index in [0.717, 1.165) is 23.9 Å². The molecule has 0 aromatic rings. The number of hydrogen-bond acceptors (Lipinski definition) is 2. The van der Waals surface area contributed by atoms with Crippen LogP contribution in [0.15, 0.2) is 0 Å².